The minimum atomic E-state index is -0.389. The number of benzene rings is 2. The third-order valence-electron chi connectivity index (χ3n) is 7.23. The maximum atomic E-state index is 12.5. The van der Waals surface area contributed by atoms with Crippen LogP contribution in [0.2, 0.25) is 0 Å². The van der Waals surface area contributed by atoms with Crippen LogP contribution in [0.4, 0.5) is 22.2 Å². The number of fused-ring (bicyclic) bond motifs is 2. The first-order valence-electron chi connectivity index (χ1n) is 12.4. The van der Waals surface area contributed by atoms with Crippen LogP contribution in [0.1, 0.15) is 49.8 Å². The highest BCUT2D eigenvalue weighted by molar-refractivity contribution is 5.95. The Bertz CT molecular complexity index is 1180. The van der Waals surface area contributed by atoms with Crippen LogP contribution >= 0.6 is 0 Å². The van der Waals surface area contributed by atoms with Crippen molar-refractivity contribution in [1.29, 1.82) is 0 Å². The van der Waals surface area contributed by atoms with E-state index in [9.17, 15) is 4.79 Å². The molecule has 5 rings (SSSR count). The molecule has 7 nitrogen and oxygen atoms in total. The molecule has 0 spiro atoms. The SMILES string of the molecule is CN(C)c1nc(N[C@H]2CC[C@@H](N(C(N)=O)c3ccc4ccccc4c3)CC2)nc2c1CCCC2. The van der Waals surface area contributed by atoms with Gasteiger partial charge in [-0.1, -0.05) is 30.3 Å². The molecule has 1 heterocycles. The van der Waals surface area contributed by atoms with Crippen molar-refractivity contribution < 1.29 is 4.79 Å². The van der Waals surface area contributed by atoms with Crippen LogP contribution in [-0.4, -0.2) is 42.2 Å². The summed E-state index contributed by atoms with van der Waals surface area (Å²) < 4.78 is 0. The van der Waals surface area contributed by atoms with Gasteiger partial charge in [0.25, 0.3) is 0 Å². The zero-order valence-electron chi connectivity index (χ0n) is 20.1. The van der Waals surface area contributed by atoms with E-state index in [1.165, 1.54) is 24.1 Å². The van der Waals surface area contributed by atoms with Crippen molar-refractivity contribution >= 4 is 34.3 Å². The van der Waals surface area contributed by atoms with E-state index in [0.29, 0.717) is 6.04 Å². The van der Waals surface area contributed by atoms with Crippen molar-refractivity contribution in [3.8, 4) is 0 Å². The number of carbonyl (C=O) groups is 1. The average Bonchev–Trinajstić information content (AvgIpc) is 2.84. The van der Waals surface area contributed by atoms with E-state index in [2.05, 4.69) is 48.6 Å². The van der Waals surface area contributed by atoms with Crippen LogP contribution in [0.5, 0.6) is 0 Å². The minimum Gasteiger partial charge on any atom is -0.362 e. The van der Waals surface area contributed by atoms with Crippen LogP contribution in [0.15, 0.2) is 42.5 Å². The maximum absolute atomic E-state index is 12.5. The molecular weight excluding hydrogens is 424 g/mol. The molecule has 0 aliphatic heterocycles. The van der Waals surface area contributed by atoms with Crippen LogP contribution in [-0.2, 0) is 12.8 Å². The smallest absolute Gasteiger partial charge is 0.319 e. The van der Waals surface area contributed by atoms with E-state index < -0.39 is 0 Å². The standard InChI is InChI=1S/C27H34N6O/c1-32(2)25-23-9-5-6-10-24(23)30-27(31-25)29-20-12-15-21(16-13-20)33(26(28)34)22-14-11-18-7-3-4-8-19(18)17-22/h3-4,7-8,11,14,17,20-21H,5-6,9-10,12-13,15-16H2,1-2H3,(H2,28,34)(H,29,30,31)/t20-,21+. The Morgan fingerprint density at radius 3 is 2.44 bits per heavy atom. The predicted octanol–water partition coefficient (Wildman–Crippen LogP) is 4.88. The highest BCUT2D eigenvalue weighted by Crippen LogP contribution is 2.32. The molecule has 0 saturated heterocycles. The summed E-state index contributed by atoms with van der Waals surface area (Å²) in [6.45, 7) is 0. The Labute approximate surface area is 201 Å². The summed E-state index contributed by atoms with van der Waals surface area (Å²) in [6.07, 6.45) is 8.16. The molecule has 2 aromatic carbocycles. The number of nitrogens with two attached hydrogens (primary N) is 1. The molecule has 0 bridgehead atoms. The normalized spacial score (nSPS) is 19.9. The molecule has 178 valence electrons. The fourth-order valence-electron chi connectivity index (χ4n) is 5.51. The number of nitrogens with one attached hydrogen (secondary N) is 1. The molecule has 2 amide bonds. The van der Waals surface area contributed by atoms with Crippen LogP contribution in [0, 0.1) is 0 Å². The minimum absolute atomic E-state index is 0.0958. The van der Waals surface area contributed by atoms with Gasteiger partial charge < -0.3 is 16.0 Å². The van der Waals surface area contributed by atoms with E-state index in [4.69, 9.17) is 15.7 Å². The Morgan fingerprint density at radius 1 is 0.971 bits per heavy atom. The highest BCUT2D eigenvalue weighted by Gasteiger charge is 2.30. The second-order valence-corrected chi connectivity index (χ2v) is 9.79. The van der Waals surface area contributed by atoms with E-state index in [1.807, 2.05) is 18.2 Å². The molecule has 0 unspecified atom stereocenters. The molecule has 1 saturated carbocycles. The molecule has 1 fully saturated rings. The van der Waals surface area contributed by atoms with Gasteiger partial charge in [0.15, 0.2) is 0 Å². The van der Waals surface area contributed by atoms with Crippen molar-refractivity contribution in [3.63, 3.8) is 0 Å². The van der Waals surface area contributed by atoms with Gasteiger partial charge in [0.2, 0.25) is 5.95 Å². The molecule has 0 atom stereocenters. The van der Waals surface area contributed by atoms with Crippen molar-refractivity contribution in [1.82, 2.24) is 9.97 Å². The first kappa shape index (κ1) is 22.4. The molecular formula is C27H34N6O. The fraction of sp³-hybridized carbons (Fsp3) is 0.444. The van der Waals surface area contributed by atoms with Crippen molar-refractivity contribution in [3.05, 3.63) is 53.7 Å². The second kappa shape index (κ2) is 9.49. The van der Waals surface area contributed by atoms with Gasteiger partial charge >= 0.3 is 6.03 Å². The Balaban J connectivity index is 1.29. The molecule has 0 radical (unpaired) electrons. The molecule has 3 aromatic rings. The lowest BCUT2D eigenvalue weighted by molar-refractivity contribution is 0.248. The number of aryl methyl sites for hydroxylation is 1. The van der Waals surface area contributed by atoms with E-state index in [1.54, 1.807) is 4.90 Å². The highest BCUT2D eigenvalue weighted by atomic mass is 16.2. The van der Waals surface area contributed by atoms with Gasteiger partial charge in [-0.25, -0.2) is 9.78 Å². The monoisotopic (exact) mass is 458 g/mol. The second-order valence-electron chi connectivity index (χ2n) is 9.79. The van der Waals surface area contributed by atoms with Gasteiger partial charge in [-0.15, -0.1) is 0 Å². The summed E-state index contributed by atoms with van der Waals surface area (Å²) >= 11 is 0. The lowest BCUT2D eigenvalue weighted by Crippen LogP contribution is -2.46. The molecule has 2 aliphatic rings. The zero-order valence-corrected chi connectivity index (χ0v) is 20.1. The summed E-state index contributed by atoms with van der Waals surface area (Å²) in [7, 11) is 4.11. The number of amides is 2. The van der Waals surface area contributed by atoms with Gasteiger partial charge in [-0.2, -0.15) is 4.98 Å². The molecule has 7 heteroatoms. The fourth-order valence-corrected chi connectivity index (χ4v) is 5.51. The first-order valence-corrected chi connectivity index (χ1v) is 12.4. The molecule has 2 aliphatic carbocycles. The lowest BCUT2D eigenvalue weighted by Gasteiger charge is -2.36. The molecule has 34 heavy (non-hydrogen) atoms. The van der Waals surface area contributed by atoms with Gasteiger partial charge in [-0.3, -0.25) is 4.90 Å². The van der Waals surface area contributed by atoms with Crippen LogP contribution in [0.3, 0.4) is 0 Å². The summed E-state index contributed by atoms with van der Waals surface area (Å²) in [4.78, 5) is 26.1. The quantitative estimate of drug-likeness (QED) is 0.569. The third-order valence-corrected chi connectivity index (χ3v) is 7.23. The number of nitrogens with zero attached hydrogens (tertiary/aromatic N) is 4. The topological polar surface area (TPSA) is 87.4 Å². The Hall–Kier alpha value is -3.35. The van der Waals surface area contributed by atoms with E-state index >= 15 is 0 Å². The largest absolute Gasteiger partial charge is 0.362 e. The zero-order chi connectivity index (χ0) is 23.7. The van der Waals surface area contributed by atoms with Gasteiger partial charge in [-0.05, 0) is 74.3 Å². The van der Waals surface area contributed by atoms with Gasteiger partial charge in [0, 0.05) is 37.4 Å². The molecule has 3 N–H and O–H groups in total. The Morgan fingerprint density at radius 2 is 1.71 bits per heavy atom. The number of hydrogen-bond acceptors (Lipinski definition) is 5. The number of hydrogen-bond donors (Lipinski definition) is 2. The summed E-state index contributed by atoms with van der Waals surface area (Å²) in [6, 6.07) is 14.3. The Kier molecular flexibility index (Phi) is 6.26. The van der Waals surface area contributed by atoms with E-state index in [-0.39, 0.29) is 12.1 Å². The number of urea groups is 1. The first-order chi connectivity index (χ1) is 16.5. The lowest BCUT2D eigenvalue weighted by atomic mass is 9.90. The van der Waals surface area contributed by atoms with Crippen LogP contribution < -0.4 is 20.9 Å². The van der Waals surface area contributed by atoms with Gasteiger partial charge in [0.1, 0.15) is 5.82 Å². The predicted molar refractivity (Wildman–Crippen MR) is 139 cm³/mol. The molecule has 1 aromatic heterocycles. The van der Waals surface area contributed by atoms with Crippen molar-refractivity contribution in [2.75, 3.05) is 29.2 Å². The summed E-state index contributed by atoms with van der Waals surface area (Å²) in [5.74, 6) is 1.77. The number of primary amides is 1. The maximum Gasteiger partial charge on any atom is 0.319 e. The van der Waals surface area contributed by atoms with Crippen molar-refractivity contribution in [2.24, 2.45) is 5.73 Å². The number of anilines is 3. The van der Waals surface area contributed by atoms with Crippen molar-refractivity contribution in [2.45, 2.75) is 63.5 Å². The third kappa shape index (κ3) is 4.52. The summed E-state index contributed by atoms with van der Waals surface area (Å²) in [5.41, 5.74) is 9.23. The van der Waals surface area contributed by atoms with Crippen LogP contribution in [0.25, 0.3) is 10.8 Å². The van der Waals surface area contributed by atoms with E-state index in [0.717, 1.165) is 66.8 Å². The number of aromatic nitrogens is 2. The van der Waals surface area contributed by atoms with Gasteiger partial charge in [0.05, 0.1) is 5.69 Å². The number of carbonyl (C=O) groups excluding carboxylic acids is 1. The average molecular weight is 459 g/mol. The number of rotatable bonds is 5. The summed E-state index contributed by atoms with van der Waals surface area (Å²) in [5, 5.41) is 5.87.